The highest BCUT2D eigenvalue weighted by molar-refractivity contribution is 9.10. The van der Waals surface area contributed by atoms with Gasteiger partial charge in [0.1, 0.15) is 5.75 Å². The second kappa shape index (κ2) is 7.63. The summed E-state index contributed by atoms with van der Waals surface area (Å²) in [7, 11) is 1.55. The minimum absolute atomic E-state index is 0.349. The van der Waals surface area contributed by atoms with E-state index in [1.807, 2.05) is 0 Å². The summed E-state index contributed by atoms with van der Waals surface area (Å²) in [6.07, 6.45) is 1.44. The summed E-state index contributed by atoms with van der Waals surface area (Å²) < 4.78 is 5.79. The van der Waals surface area contributed by atoms with Crippen molar-refractivity contribution in [2.24, 2.45) is 5.10 Å². The third-order valence-electron chi connectivity index (χ3n) is 2.77. The molecule has 1 N–H and O–H groups in total. The van der Waals surface area contributed by atoms with Crippen molar-refractivity contribution in [2.45, 2.75) is 0 Å². The van der Waals surface area contributed by atoms with Crippen molar-refractivity contribution >= 4 is 51.3 Å². The van der Waals surface area contributed by atoms with E-state index in [0.29, 0.717) is 31.4 Å². The zero-order valence-corrected chi connectivity index (χ0v) is 14.5. The van der Waals surface area contributed by atoms with Gasteiger partial charge in [0, 0.05) is 11.1 Å². The largest absolute Gasteiger partial charge is 0.496 e. The third kappa shape index (κ3) is 4.00. The van der Waals surface area contributed by atoms with Crippen LogP contribution in [0, 0.1) is 0 Å². The number of carbonyl (C=O) groups is 1. The number of carbonyl (C=O) groups excluding carboxylic acids is 1. The van der Waals surface area contributed by atoms with Crippen LogP contribution in [0.15, 0.2) is 46.0 Å². The Hall–Kier alpha value is -1.56. The van der Waals surface area contributed by atoms with Crippen molar-refractivity contribution in [1.29, 1.82) is 0 Å². The molecule has 114 valence electrons. The van der Waals surface area contributed by atoms with Crippen molar-refractivity contribution in [3.63, 3.8) is 0 Å². The van der Waals surface area contributed by atoms with Gasteiger partial charge in [-0.15, -0.1) is 0 Å². The number of methoxy groups -OCH3 is 1. The van der Waals surface area contributed by atoms with Gasteiger partial charge in [-0.25, -0.2) is 5.43 Å². The Kier molecular flexibility index (Phi) is 5.83. The molecule has 0 heterocycles. The average Bonchev–Trinajstić information content (AvgIpc) is 2.51. The number of rotatable bonds is 4. The fourth-order valence-corrected chi connectivity index (χ4v) is 2.55. The van der Waals surface area contributed by atoms with Crippen molar-refractivity contribution in [3.8, 4) is 5.75 Å². The summed E-state index contributed by atoms with van der Waals surface area (Å²) in [5, 5.41) is 4.69. The Morgan fingerprint density at radius 3 is 2.77 bits per heavy atom. The molecule has 0 fully saturated rings. The molecule has 0 saturated carbocycles. The Morgan fingerprint density at radius 1 is 1.32 bits per heavy atom. The van der Waals surface area contributed by atoms with Gasteiger partial charge in [-0.2, -0.15) is 5.10 Å². The molecule has 0 aliphatic rings. The highest BCUT2D eigenvalue weighted by atomic mass is 79.9. The number of amides is 1. The van der Waals surface area contributed by atoms with E-state index in [4.69, 9.17) is 27.9 Å². The summed E-state index contributed by atoms with van der Waals surface area (Å²) in [6.45, 7) is 0. The lowest BCUT2D eigenvalue weighted by Gasteiger charge is -2.05. The van der Waals surface area contributed by atoms with Crippen molar-refractivity contribution in [3.05, 3.63) is 62.0 Å². The molecule has 0 aliphatic carbocycles. The van der Waals surface area contributed by atoms with Crippen LogP contribution in [0.4, 0.5) is 0 Å². The first-order chi connectivity index (χ1) is 10.5. The number of benzene rings is 2. The second-order valence-corrected chi connectivity index (χ2v) is 5.83. The van der Waals surface area contributed by atoms with Gasteiger partial charge in [-0.3, -0.25) is 4.79 Å². The molecule has 0 atom stereocenters. The molecular weight excluding hydrogens is 391 g/mol. The van der Waals surface area contributed by atoms with E-state index in [0.717, 1.165) is 0 Å². The van der Waals surface area contributed by atoms with E-state index in [1.54, 1.807) is 43.5 Å². The molecule has 4 nitrogen and oxygen atoms in total. The molecule has 22 heavy (non-hydrogen) atoms. The average molecular weight is 402 g/mol. The molecule has 0 unspecified atom stereocenters. The summed E-state index contributed by atoms with van der Waals surface area (Å²) in [6, 6.07) is 10.1. The Bertz CT molecular complexity index is 735. The number of halogens is 3. The van der Waals surface area contributed by atoms with Crippen molar-refractivity contribution in [2.75, 3.05) is 7.11 Å². The van der Waals surface area contributed by atoms with E-state index >= 15 is 0 Å². The maximum Gasteiger partial charge on any atom is 0.271 e. The first-order valence-corrected chi connectivity index (χ1v) is 7.68. The lowest BCUT2D eigenvalue weighted by Crippen LogP contribution is -2.17. The van der Waals surface area contributed by atoms with Crippen molar-refractivity contribution < 1.29 is 9.53 Å². The van der Waals surface area contributed by atoms with Gasteiger partial charge in [0.2, 0.25) is 0 Å². The zero-order chi connectivity index (χ0) is 16.1. The second-order valence-electron chi connectivity index (χ2n) is 4.19. The number of hydrogen-bond donors (Lipinski definition) is 1. The van der Waals surface area contributed by atoms with E-state index in [1.165, 1.54) is 6.21 Å². The van der Waals surface area contributed by atoms with E-state index in [-0.39, 0.29) is 5.91 Å². The number of nitrogens with one attached hydrogen (secondary N) is 1. The van der Waals surface area contributed by atoms with E-state index < -0.39 is 0 Å². The first-order valence-electron chi connectivity index (χ1n) is 6.14. The fraction of sp³-hybridized carbons (Fsp3) is 0.0667. The molecule has 2 aromatic carbocycles. The third-order valence-corrected chi connectivity index (χ3v) is 4.22. The lowest BCUT2D eigenvalue weighted by atomic mass is 10.2. The molecular formula is C15H11BrCl2N2O2. The predicted molar refractivity (Wildman–Crippen MR) is 92.2 cm³/mol. The lowest BCUT2D eigenvalue weighted by molar-refractivity contribution is 0.0955. The number of hydrazone groups is 1. The molecule has 2 aromatic rings. The van der Waals surface area contributed by atoms with Gasteiger partial charge < -0.3 is 4.74 Å². The molecule has 7 heteroatoms. The predicted octanol–water partition coefficient (Wildman–Crippen LogP) is 4.53. The minimum atomic E-state index is -0.349. The van der Waals surface area contributed by atoms with Gasteiger partial charge >= 0.3 is 0 Å². The summed E-state index contributed by atoms with van der Waals surface area (Å²) >= 11 is 15.2. The van der Waals surface area contributed by atoms with Crippen LogP contribution < -0.4 is 10.2 Å². The highest BCUT2D eigenvalue weighted by Gasteiger charge is 2.08. The topological polar surface area (TPSA) is 50.7 Å². The Labute approximate surface area is 146 Å². The monoisotopic (exact) mass is 400 g/mol. The number of ether oxygens (including phenoxy) is 1. The normalized spacial score (nSPS) is 10.7. The standard InChI is InChI=1S/C15H11BrCl2N2O2/c1-22-13-6-5-9(7-11(13)16)15(21)20-19-8-10-3-2-4-12(17)14(10)18/h2-8H,1H3,(H,20,21)/b19-8+. The summed E-state index contributed by atoms with van der Waals surface area (Å²) in [5.74, 6) is 0.295. The van der Waals surface area contributed by atoms with Crippen LogP contribution in [0.5, 0.6) is 5.75 Å². The van der Waals surface area contributed by atoms with E-state index in [9.17, 15) is 4.79 Å². The molecule has 0 radical (unpaired) electrons. The van der Waals surface area contributed by atoms with Crippen LogP contribution in [0.2, 0.25) is 10.0 Å². The van der Waals surface area contributed by atoms with Gasteiger partial charge in [-0.1, -0.05) is 35.3 Å². The van der Waals surface area contributed by atoms with Gasteiger partial charge in [0.15, 0.2) is 0 Å². The van der Waals surface area contributed by atoms with E-state index in [2.05, 4.69) is 26.5 Å². The SMILES string of the molecule is COc1ccc(C(=O)N/N=C/c2cccc(Cl)c2Cl)cc1Br. The highest BCUT2D eigenvalue weighted by Crippen LogP contribution is 2.26. The molecule has 1 amide bonds. The molecule has 0 saturated heterocycles. The number of nitrogens with zero attached hydrogens (tertiary/aromatic N) is 1. The van der Waals surface area contributed by atoms with Crippen LogP contribution >= 0.6 is 39.1 Å². The Balaban J connectivity index is 2.08. The van der Waals surface area contributed by atoms with Gasteiger partial charge in [0.05, 0.1) is 27.8 Å². The van der Waals surface area contributed by atoms with Crippen LogP contribution in [-0.2, 0) is 0 Å². The maximum absolute atomic E-state index is 12.0. The van der Waals surface area contributed by atoms with Gasteiger partial charge in [0.25, 0.3) is 5.91 Å². The van der Waals surface area contributed by atoms with Crippen molar-refractivity contribution in [1.82, 2.24) is 5.43 Å². The number of hydrogen-bond acceptors (Lipinski definition) is 3. The summed E-state index contributed by atoms with van der Waals surface area (Å²) in [5.41, 5.74) is 3.49. The molecule has 0 aromatic heterocycles. The van der Waals surface area contributed by atoms with Gasteiger partial charge in [-0.05, 0) is 40.2 Å². The zero-order valence-electron chi connectivity index (χ0n) is 11.4. The molecule has 2 rings (SSSR count). The molecule has 0 bridgehead atoms. The van der Waals surface area contributed by atoms with Crippen LogP contribution in [-0.4, -0.2) is 19.2 Å². The smallest absolute Gasteiger partial charge is 0.271 e. The maximum atomic E-state index is 12.0. The fourth-order valence-electron chi connectivity index (χ4n) is 1.65. The quantitative estimate of drug-likeness (QED) is 0.604. The van der Waals surface area contributed by atoms with Crippen LogP contribution in [0.3, 0.4) is 0 Å². The first kappa shape index (κ1) is 16.8. The van der Waals surface area contributed by atoms with Crippen LogP contribution in [0.25, 0.3) is 0 Å². The summed E-state index contributed by atoms with van der Waals surface area (Å²) in [4.78, 5) is 12.0. The molecule has 0 aliphatic heterocycles. The molecule has 0 spiro atoms. The minimum Gasteiger partial charge on any atom is -0.496 e. The van der Waals surface area contributed by atoms with Crippen LogP contribution in [0.1, 0.15) is 15.9 Å². The Morgan fingerprint density at radius 2 is 2.09 bits per heavy atom.